The first kappa shape index (κ1) is 23.8. The zero-order valence-electron chi connectivity index (χ0n) is 22.1. The molecule has 0 aliphatic heterocycles. The summed E-state index contributed by atoms with van der Waals surface area (Å²) < 4.78 is 0. The van der Waals surface area contributed by atoms with Gasteiger partial charge in [0.2, 0.25) is 0 Å². The summed E-state index contributed by atoms with van der Waals surface area (Å²) in [6.07, 6.45) is 6.54. The molecule has 0 fully saturated rings. The van der Waals surface area contributed by atoms with Crippen molar-refractivity contribution < 1.29 is 0 Å². The Kier molecular flexibility index (Phi) is 5.60. The number of nitrogens with zero attached hydrogens (tertiary/aromatic N) is 8. The van der Waals surface area contributed by atoms with Crippen molar-refractivity contribution in [1.82, 2.24) is 39.9 Å². The van der Waals surface area contributed by atoms with E-state index < -0.39 is 0 Å². The van der Waals surface area contributed by atoms with Crippen LogP contribution >= 0.6 is 0 Å². The molecule has 0 amide bonds. The molecule has 4 heterocycles. The summed E-state index contributed by atoms with van der Waals surface area (Å²) in [6, 6.07) is 32.6. The summed E-state index contributed by atoms with van der Waals surface area (Å²) in [5.41, 5.74) is 3.21. The maximum absolute atomic E-state index is 4.74. The Morgan fingerprint density at radius 2 is 0.762 bits per heavy atom. The molecule has 0 aliphatic carbocycles. The van der Waals surface area contributed by atoms with Crippen LogP contribution in [0.25, 0.3) is 78.1 Å². The molecule has 0 atom stereocenters. The molecule has 0 bridgehead atoms. The smallest absolute Gasteiger partial charge is 0.181 e. The molecule has 0 spiro atoms. The zero-order valence-corrected chi connectivity index (χ0v) is 22.1. The van der Waals surface area contributed by atoms with Gasteiger partial charge in [0, 0.05) is 23.5 Å². The molecule has 196 valence electrons. The van der Waals surface area contributed by atoms with Gasteiger partial charge in [-0.15, -0.1) is 0 Å². The van der Waals surface area contributed by atoms with Gasteiger partial charge in [-0.05, 0) is 68.7 Å². The van der Waals surface area contributed by atoms with Gasteiger partial charge in [0.1, 0.15) is 24.0 Å². The molecular formula is C34H20N8. The number of hydrogen-bond donors (Lipinski definition) is 0. The minimum Gasteiger partial charge on any atom is -0.253 e. The van der Waals surface area contributed by atoms with Crippen molar-refractivity contribution in [3.63, 3.8) is 0 Å². The minimum atomic E-state index is 0.538. The van der Waals surface area contributed by atoms with E-state index in [2.05, 4.69) is 90.6 Å². The summed E-state index contributed by atoms with van der Waals surface area (Å²) in [6.45, 7) is 0. The van der Waals surface area contributed by atoms with Gasteiger partial charge in [-0.1, -0.05) is 60.7 Å². The molecule has 0 radical (unpaired) electrons. The van der Waals surface area contributed by atoms with Crippen LogP contribution in [0.1, 0.15) is 0 Å². The lowest BCUT2D eigenvalue weighted by atomic mass is 9.92. The van der Waals surface area contributed by atoms with Gasteiger partial charge in [-0.2, -0.15) is 0 Å². The number of rotatable bonds is 4. The molecule has 4 aromatic carbocycles. The van der Waals surface area contributed by atoms with Crippen molar-refractivity contribution in [2.75, 3.05) is 0 Å². The van der Waals surface area contributed by atoms with E-state index in [4.69, 9.17) is 9.97 Å². The van der Waals surface area contributed by atoms with Gasteiger partial charge in [0.05, 0.1) is 0 Å². The molecule has 0 aliphatic rings. The van der Waals surface area contributed by atoms with Crippen LogP contribution in [-0.4, -0.2) is 39.9 Å². The van der Waals surface area contributed by atoms with E-state index in [1.54, 1.807) is 12.4 Å². The fourth-order valence-corrected chi connectivity index (χ4v) is 5.34. The summed E-state index contributed by atoms with van der Waals surface area (Å²) in [5.74, 6) is 2.27. The second kappa shape index (κ2) is 9.87. The molecule has 8 aromatic rings. The molecular weight excluding hydrogens is 520 g/mol. The highest BCUT2D eigenvalue weighted by atomic mass is 15.0. The number of pyridine rings is 2. The number of hydrogen-bond acceptors (Lipinski definition) is 8. The van der Waals surface area contributed by atoms with E-state index in [-0.39, 0.29) is 0 Å². The highest BCUT2D eigenvalue weighted by molar-refractivity contribution is 6.26. The Morgan fingerprint density at radius 1 is 0.333 bits per heavy atom. The third-order valence-corrected chi connectivity index (χ3v) is 7.28. The van der Waals surface area contributed by atoms with E-state index in [1.165, 1.54) is 18.0 Å². The van der Waals surface area contributed by atoms with Gasteiger partial charge < -0.3 is 0 Å². The number of fused-ring (bicyclic) bond motifs is 6. The van der Waals surface area contributed by atoms with Crippen molar-refractivity contribution in [2.45, 2.75) is 0 Å². The Balaban J connectivity index is 1.31. The topological polar surface area (TPSA) is 103 Å². The molecule has 42 heavy (non-hydrogen) atoms. The Bertz CT molecular complexity index is 2130. The van der Waals surface area contributed by atoms with Crippen LogP contribution in [0.4, 0.5) is 0 Å². The van der Waals surface area contributed by atoms with E-state index in [0.29, 0.717) is 34.7 Å². The molecule has 0 N–H and O–H groups in total. The van der Waals surface area contributed by atoms with Crippen LogP contribution < -0.4 is 0 Å². The van der Waals surface area contributed by atoms with E-state index in [1.807, 2.05) is 36.4 Å². The fraction of sp³-hybridized carbons (Fsp3) is 0. The first-order chi connectivity index (χ1) is 20.8. The molecule has 8 rings (SSSR count). The average Bonchev–Trinajstić information content (AvgIpc) is 3.09. The van der Waals surface area contributed by atoms with E-state index >= 15 is 0 Å². The lowest BCUT2D eigenvalue weighted by Crippen LogP contribution is -1.97. The predicted molar refractivity (Wildman–Crippen MR) is 163 cm³/mol. The van der Waals surface area contributed by atoms with E-state index in [0.717, 1.165) is 38.1 Å². The van der Waals surface area contributed by atoms with Gasteiger partial charge in [0.15, 0.2) is 23.3 Å². The average molecular weight is 541 g/mol. The molecule has 0 unspecified atom stereocenters. The van der Waals surface area contributed by atoms with Gasteiger partial charge in [-0.25, -0.2) is 29.9 Å². The second-order valence-electron chi connectivity index (χ2n) is 9.76. The van der Waals surface area contributed by atoms with Crippen molar-refractivity contribution >= 4 is 32.3 Å². The van der Waals surface area contributed by atoms with E-state index in [9.17, 15) is 0 Å². The van der Waals surface area contributed by atoms with Gasteiger partial charge in [0.25, 0.3) is 0 Å². The molecule has 0 saturated heterocycles. The molecule has 4 aromatic heterocycles. The van der Waals surface area contributed by atoms with Crippen LogP contribution in [0.5, 0.6) is 0 Å². The first-order valence-corrected chi connectivity index (χ1v) is 13.4. The third kappa shape index (κ3) is 4.10. The Morgan fingerprint density at radius 3 is 1.26 bits per heavy atom. The molecule has 0 saturated carbocycles. The first-order valence-electron chi connectivity index (χ1n) is 13.4. The third-order valence-electron chi connectivity index (χ3n) is 7.28. The highest BCUT2D eigenvalue weighted by Crippen LogP contribution is 2.38. The monoisotopic (exact) mass is 540 g/mol. The van der Waals surface area contributed by atoms with Gasteiger partial charge >= 0.3 is 0 Å². The van der Waals surface area contributed by atoms with Crippen molar-refractivity contribution in [1.29, 1.82) is 0 Å². The quantitative estimate of drug-likeness (QED) is 0.220. The Hall–Kier alpha value is -6.02. The lowest BCUT2D eigenvalue weighted by Gasteiger charge is -2.13. The van der Waals surface area contributed by atoms with Crippen molar-refractivity contribution in [2.24, 2.45) is 0 Å². The normalized spacial score (nSPS) is 11.3. The minimum absolute atomic E-state index is 0.538. The molecule has 8 heteroatoms. The Labute approximate surface area is 239 Å². The van der Waals surface area contributed by atoms with Crippen LogP contribution in [0, 0.1) is 0 Å². The summed E-state index contributed by atoms with van der Waals surface area (Å²) in [4.78, 5) is 35.9. The lowest BCUT2D eigenvalue weighted by molar-refractivity contribution is 1.05. The van der Waals surface area contributed by atoms with Crippen molar-refractivity contribution in [3.8, 4) is 45.8 Å². The van der Waals surface area contributed by atoms with Crippen LogP contribution in [0.3, 0.4) is 0 Å². The highest BCUT2D eigenvalue weighted by Gasteiger charge is 2.14. The summed E-state index contributed by atoms with van der Waals surface area (Å²) in [5, 5.41) is 6.82. The molecule has 8 nitrogen and oxygen atoms in total. The predicted octanol–water partition coefficient (Wildman–Crippen LogP) is 6.97. The number of aromatic nitrogens is 8. The zero-order chi connectivity index (χ0) is 27.9. The summed E-state index contributed by atoms with van der Waals surface area (Å²) >= 11 is 0. The van der Waals surface area contributed by atoms with Crippen molar-refractivity contribution in [3.05, 3.63) is 122 Å². The van der Waals surface area contributed by atoms with Gasteiger partial charge in [-0.3, -0.25) is 9.97 Å². The van der Waals surface area contributed by atoms with Crippen LogP contribution in [0.15, 0.2) is 122 Å². The SMILES string of the molecule is c1ccc(-c2ncnc(-c3ccc4c(c3)c3ccccc3c3ccc(-c5ncnc(-c6ccccn6)n5)cc34)n2)nc1. The maximum atomic E-state index is 4.74. The fourth-order valence-electron chi connectivity index (χ4n) is 5.34. The number of benzene rings is 4. The largest absolute Gasteiger partial charge is 0.253 e. The summed E-state index contributed by atoms with van der Waals surface area (Å²) in [7, 11) is 0. The standard InChI is InChI=1S/C34H20N8/c1-2-8-24-23(7-1)25-13-11-21(31-37-19-39-33(41-31)29-9-3-5-15-35-29)18-28(25)26-14-12-22(17-27(24)26)32-38-20-40-34(42-32)30-10-4-6-16-36-30/h1-20H. The van der Waals surface area contributed by atoms with Crippen LogP contribution in [-0.2, 0) is 0 Å². The van der Waals surface area contributed by atoms with Crippen LogP contribution in [0.2, 0.25) is 0 Å². The second-order valence-corrected chi connectivity index (χ2v) is 9.76. The maximum Gasteiger partial charge on any atom is 0.181 e.